The van der Waals surface area contributed by atoms with Gasteiger partial charge in [-0.1, -0.05) is 23.7 Å². The van der Waals surface area contributed by atoms with Crippen molar-refractivity contribution in [2.75, 3.05) is 63.2 Å². The number of unbranched alkanes of at least 4 members (excludes halogenated alkanes) is 1. The standard InChI is InChI=1S/C42H55ClN4O5/c1-29(2)52-39-27-37-32(25-38(39)51-4)26-40(48)47(42(37)31-10-12-33(43)13-11-31)36-18-16-34(17-19-36)44(3)28-30-8-14-35(15-9-30)46-23-21-45(22-24-46)20-6-5-7-41(49)50/h10-13,16-19,25,27,29-30,35,42H,5-9,14-15,20-24,26,28H2,1-4H3,(H,49,50)/t30?,35?,42-/m0/s1. The summed E-state index contributed by atoms with van der Waals surface area (Å²) >= 11 is 6.31. The molecule has 280 valence electrons. The van der Waals surface area contributed by atoms with Crippen molar-refractivity contribution in [3.8, 4) is 11.5 Å². The Kier molecular flexibility index (Phi) is 12.7. The lowest BCUT2D eigenvalue weighted by molar-refractivity contribution is -0.137. The summed E-state index contributed by atoms with van der Waals surface area (Å²) < 4.78 is 11.8. The quantitative estimate of drug-likeness (QED) is 0.169. The summed E-state index contributed by atoms with van der Waals surface area (Å²) in [5, 5.41) is 9.53. The van der Waals surface area contributed by atoms with Crippen molar-refractivity contribution >= 4 is 34.9 Å². The van der Waals surface area contributed by atoms with E-state index in [1.165, 1.54) is 25.7 Å². The molecule has 2 aliphatic heterocycles. The molecule has 6 rings (SSSR count). The third-order valence-electron chi connectivity index (χ3n) is 11.1. The highest BCUT2D eigenvalue weighted by atomic mass is 35.5. The van der Waals surface area contributed by atoms with Crippen LogP contribution in [0.1, 0.15) is 81.5 Å². The maximum atomic E-state index is 14.0. The molecule has 1 saturated carbocycles. The van der Waals surface area contributed by atoms with Gasteiger partial charge < -0.3 is 29.3 Å². The molecule has 52 heavy (non-hydrogen) atoms. The van der Waals surface area contributed by atoms with E-state index >= 15 is 0 Å². The van der Waals surface area contributed by atoms with Crippen LogP contribution in [0.25, 0.3) is 0 Å². The number of benzene rings is 3. The van der Waals surface area contributed by atoms with Crippen LogP contribution < -0.4 is 19.3 Å². The van der Waals surface area contributed by atoms with Gasteiger partial charge in [-0.2, -0.15) is 0 Å². The van der Waals surface area contributed by atoms with Gasteiger partial charge in [-0.15, -0.1) is 0 Å². The van der Waals surface area contributed by atoms with E-state index in [2.05, 4.69) is 46.0 Å². The number of carbonyl (C=O) groups is 2. The number of aliphatic carboxylic acids is 1. The maximum absolute atomic E-state index is 14.0. The van der Waals surface area contributed by atoms with Crippen molar-refractivity contribution < 1.29 is 24.2 Å². The lowest BCUT2D eigenvalue weighted by Gasteiger charge is -2.42. The molecule has 1 amide bonds. The van der Waals surface area contributed by atoms with Gasteiger partial charge in [-0.05, 0) is 130 Å². The number of fused-ring (bicyclic) bond motifs is 1. The second-order valence-corrected chi connectivity index (χ2v) is 15.5. The van der Waals surface area contributed by atoms with E-state index in [9.17, 15) is 9.59 Å². The first-order chi connectivity index (χ1) is 25.1. The number of methoxy groups -OCH3 is 1. The Morgan fingerprint density at radius 1 is 0.942 bits per heavy atom. The Morgan fingerprint density at radius 3 is 2.27 bits per heavy atom. The van der Waals surface area contributed by atoms with Crippen LogP contribution in [-0.2, 0) is 16.0 Å². The lowest BCUT2D eigenvalue weighted by Crippen LogP contribution is -2.51. The van der Waals surface area contributed by atoms with Gasteiger partial charge in [-0.3, -0.25) is 14.5 Å². The Bertz CT molecular complexity index is 1650. The van der Waals surface area contributed by atoms with Crippen LogP contribution in [0.4, 0.5) is 11.4 Å². The normalized spacial score (nSPS) is 21.2. The number of carboxylic acid groups (broad SMARTS) is 1. The van der Waals surface area contributed by atoms with Gasteiger partial charge in [0.15, 0.2) is 11.5 Å². The second-order valence-electron chi connectivity index (χ2n) is 15.1. The van der Waals surface area contributed by atoms with E-state index in [0.29, 0.717) is 28.5 Å². The number of hydrogen-bond acceptors (Lipinski definition) is 7. The van der Waals surface area contributed by atoms with Crippen molar-refractivity contribution in [3.63, 3.8) is 0 Å². The molecule has 2 heterocycles. The minimum atomic E-state index is -0.695. The summed E-state index contributed by atoms with van der Waals surface area (Å²) in [5.74, 6) is 1.29. The number of carboxylic acids is 1. The van der Waals surface area contributed by atoms with Gasteiger partial charge in [-0.25, -0.2) is 0 Å². The van der Waals surface area contributed by atoms with Gasteiger partial charge in [0.2, 0.25) is 5.91 Å². The van der Waals surface area contributed by atoms with Crippen molar-refractivity contribution in [1.29, 1.82) is 0 Å². The van der Waals surface area contributed by atoms with E-state index in [-0.39, 0.29) is 30.9 Å². The molecule has 1 atom stereocenters. The van der Waals surface area contributed by atoms with Crippen LogP contribution in [0.2, 0.25) is 5.02 Å². The third kappa shape index (κ3) is 9.22. The second kappa shape index (κ2) is 17.4. The zero-order valence-electron chi connectivity index (χ0n) is 31.2. The molecule has 10 heteroatoms. The SMILES string of the molecule is COc1cc2c(cc1OC(C)C)[C@H](c1ccc(Cl)cc1)N(c1ccc(N(C)CC3CCC(N4CCN(CCCCC(=O)O)CC4)CC3)cc1)C(=O)C2. The summed E-state index contributed by atoms with van der Waals surface area (Å²) in [7, 11) is 3.81. The first-order valence-electron chi connectivity index (χ1n) is 19.0. The Labute approximate surface area is 314 Å². The monoisotopic (exact) mass is 730 g/mol. The van der Waals surface area contributed by atoms with Gasteiger partial charge in [0.25, 0.3) is 0 Å². The Balaban J connectivity index is 1.09. The zero-order chi connectivity index (χ0) is 36.8. The molecular formula is C42H55ClN4O5. The van der Waals surface area contributed by atoms with Crippen LogP contribution in [0.15, 0.2) is 60.7 Å². The van der Waals surface area contributed by atoms with Crippen LogP contribution in [0.3, 0.4) is 0 Å². The Hall–Kier alpha value is -3.79. The largest absolute Gasteiger partial charge is 0.493 e. The van der Waals surface area contributed by atoms with Crippen LogP contribution >= 0.6 is 11.6 Å². The summed E-state index contributed by atoms with van der Waals surface area (Å²) in [6.07, 6.45) is 7.21. The summed E-state index contributed by atoms with van der Waals surface area (Å²) in [4.78, 5) is 34.2. The average Bonchev–Trinajstić information content (AvgIpc) is 3.13. The van der Waals surface area contributed by atoms with Crippen LogP contribution in [0, 0.1) is 5.92 Å². The van der Waals surface area contributed by atoms with Crippen molar-refractivity contribution in [1.82, 2.24) is 9.80 Å². The number of ether oxygens (including phenoxy) is 2. The van der Waals surface area contributed by atoms with Crippen LogP contribution in [-0.4, -0.2) is 92.4 Å². The predicted molar refractivity (Wildman–Crippen MR) is 208 cm³/mol. The van der Waals surface area contributed by atoms with Gasteiger partial charge >= 0.3 is 5.97 Å². The van der Waals surface area contributed by atoms with E-state index in [1.54, 1.807) is 7.11 Å². The molecule has 1 saturated heterocycles. The molecule has 0 spiro atoms. The maximum Gasteiger partial charge on any atom is 0.303 e. The van der Waals surface area contributed by atoms with Crippen LogP contribution in [0.5, 0.6) is 11.5 Å². The van der Waals surface area contributed by atoms with Gasteiger partial charge in [0.1, 0.15) is 0 Å². The minimum absolute atomic E-state index is 0.0295. The van der Waals surface area contributed by atoms with Gasteiger partial charge in [0.05, 0.1) is 25.7 Å². The highest BCUT2D eigenvalue weighted by Gasteiger charge is 2.36. The smallest absolute Gasteiger partial charge is 0.303 e. The fourth-order valence-corrected chi connectivity index (χ4v) is 8.47. The fourth-order valence-electron chi connectivity index (χ4n) is 8.35. The number of piperazine rings is 1. The molecule has 3 aromatic rings. The van der Waals surface area contributed by atoms with E-state index < -0.39 is 5.97 Å². The lowest BCUT2D eigenvalue weighted by atomic mass is 9.84. The molecule has 3 aromatic carbocycles. The fraction of sp³-hybridized carbons (Fsp3) is 0.524. The van der Waals surface area contributed by atoms with E-state index in [1.807, 2.05) is 55.1 Å². The number of anilines is 2. The molecule has 2 fully saturated rings. The summed E-state index contributed by atoms with van der Waals surface area (Å²) in [6, 6.07) is 20.5. The predicted octanol–water partition coefficient (Wildman–Crippen LogP) is 7.68. The first-order valence-corrected chi connectivity index (χ1v) is 19.4. The highest BCUT2D eigenvalue weighted by molar-refractivity contribution is 6.30. The average molecular weight is 731 g/mol. The molecule has 1 aliphatic carbocycles. The van der Waals surface area contributed by atoms with E-state index in [4.69, 9.17) is 26.2 Å². The molecule has 0 aromatic heterocycles. The highest BCUT2D eigenvalue weighted by Crippen LogP contribution is 2.44. The molecule has 3 aliphatic rings. The zero-order valence-corrected chi connectivity index (χ0v) is 32.0. The topological polar surface area (TPSA) is 85.8 Å². The molecule has 0 unspecified atom stereocenters. The van der Waals surface area contributed by atoms with Crippen molar-refractivity contribution in [3.05, 3.63) is 82.4 Å². The third-order valence-corrected chi connectivity index (χ3v) is 11.3. The Morgan fingerprint density at radius 2 is 1.63 bits per heavy atom. The molecule has 0 bridgehead atoms. The summed E-state index contributed by atoms with van der Waals surface area (Å²) in [5.41, 5.74) is 4.94. The number of hydrogen-bond donors (Lipinski definition) is 1. The number of carbonyl (C=O) groups excluding carboxylic acids is 1. The molecular weight excluding hydrogens is 676 g/mol. The number of nitrogens with zero attached hydrogens (tertiary/aromatic N) is 4. The summed E-state index contributed by atoms with van der Waals surface area (Å²) in [6.45, 7) is 10.4. The molecule has 1 N–H and O–H groups in total. The minimum Gasteiger partial charge on any atom is -0.493 e. The molecule has 0 radical (unpaired) electrons. The van der Waals surface area contributed by atoms with Crippen molar-refractivity contribution in [2.24, 2.45) is 5.92 Å². The van der Waals surface area contributed by atoms with Gasteiger partial charge in [0, 0.05) is 68.6 Å². The van der Waals surface area contributed by atoms with E-state index in [0.717, 1.165) is 80.2 Å². The first kappa shape index (κ1) is 38.0. The number of rotatable bonds is 14. The number of amides is 1. The molecule has 9 nitrogen and oxygen atoms in total. The van der Waals surface area contributed by atoms with Crippen molar-refractivity contribution in [2.45, 2.75) is 83.4 Å². The number of halogens is 1.